The van der Waals surface area contributed by atoms with Crippen molar-refractivity contribution in [3.05, 3.63) is 28.0 Å². The van der Waals surface area contributed by atoms with Crippen LogP contribution in [0, 0.1) is 6.92 Å². The van der Waals surface area contributed by atoms with Gasteiger partial charge in [-0.05, 0) is 13.0 Å². The summed E-state index contributed by atoms with van der Waals surface area (Å²) in [4.78, 5) is 3.89. The average molecular weight is 271 g/mol. The van der Waals surface area contributed by atoms with E-state index in [0.29, 0.717) is 16.6 Å². The lowest BCUT2D eigenvalue weighted by Crippen LogP contribution is -1.97. The summed E-state index contributed by atoms with van der Waals surface area (Å²) in [5.74, 6) is 0. The van der Waals surface area contributed by atoms with Crippen molar-refractivity contribution in [2.24, 2.45) is 0 Å². The second kappa shape index (κ2) is 4.33. The Kier molecular flexibility index (Phi) is 3.62. The molecule has 0 radical (unpaired) electrons. The monoisotopic (exact) mass is 269 g/mol. The second-order valence-corrected chi connectivity index (χ2v) is 3.48. The van der Waals surface area contributed by atoms with Crippen molar-refractivity contribution in [1.29, 1.82) is 0 Å². The summed E-state index contributed by atoms with van der Waals surface area (Å²) in [6.07, 6.45) is -2.51. The zero-order valence-electron chi connectivity index (χ0n) is 6.82. The van der Waals surface area contributed by atoms with E-state index in [1.165, 1.54) is 6.07 Å². The highest BCUT2D eigenvalue weighted by molar-refractivity contribution is 9.08. The van der Waals surface area contributed by atoms with Gasteiger partial charge in [0.2, 0.25) is 0 Å². The number of aromatic nitrogens is 1. The molecule has 72 valence electrons. The van der Waals surface area contributed by atoms with E-state index in [0.717, 1.165) is 0 Å². The van der Waals surface area contributed by atoms with E-state index in [9.17, 15) is 8.78 Å². The molecule has 0 unspecified atom stereocenters. The van der Waals surface area contributed by atoms with Gasteiger partial charge in [-0.15, -0.1) is 0 Å². The maximum atomic E-state index is 12.5. The third kappa shape index (κ3) is 2.38. The topological polar surface area (TPSA) is 12.9 Å². The van der Waals surface area contributed by atoms with E-state index in [1.54, 1.807) is 6.92 Å². The minimum absolute atomic E-state index is 0.0469. The van der Waals surface area contributed by atoms with Crippen molar-refractivity contribution in [3.63, 3.8) is 0 Å². The maximum Gasteiger partial charge on any atom is 0.264 e. The predicted octanol–water partition coefficient (Wildman–Crippen LogP) is 3.88. The fourth-order valence-corrected chi connectivity index (χ4v) is 2.07. The standard InChI is InChI=1S/C8H7BrClF2N/c1-4-2-5(8(11)12)6(3-9)7(10)13-4/h2,8H,3H2,1H3. The Hall–Kier alpha value is -0.220. The first-order valence-electron chi connectivity index (χ1n) is 3.56. The molecule has 0 bridgehead atoms. The molecule has 13 heavy (non-hydrogen) atoms. The van der Waals surface area contributed by atoms with Gasteiger partial charge in [-0.3, -0.25) is 0 Å². The van der Waals surface area contributed by atoms with Crippen LogP contribution in [0.3, 0.4) is 0 Å². The molecule has 1 aromatic rings. The summed E-state index contributed by atoms with van der Waals surface area (Å²) < 4.78 is 24.9. The van der Waals surface area contributed by atoms with E-state index < -0.39 is 6.43 Å². The molecule has 0 amide bonds. The van der Waals surface area contributed by atoms with Gasteiger partial charge in [0, 0.05) is 22.2 Å². The Morgan fingerprint density at radius 2 is 2.23 bits per heavy atom. The molecule has 0 spiro atoms. The minimum Gasteiger partial charge on any atom is -0.241 e. The van der Waals surface area contributed by atoms with Crippen LogP contribution in [-0.2, 0) is 5.33 Å². The average Bonchev–Trinajstić information content (AvgIpc) is 2.02. The molecule has 5 heteroatoms. The molecule has 0 aliphatic rings. The number of hydrogen-bond acceptors (Lipinski definition) is 1. The normalized spacial score (nSPS) is 10.9. The van der Waals surface area contributed by atoms with Gasteiger partial charge in [0.1, 0.15) is 5.15 Å². The zero-order chi connectivity index (χ0) is 10.0. The Morgan fingerprint density at radius 1 is 1.62 bits per heavy atom. The summed E-state index contributed by atoms with van der Waals surface area (Å²) >= 11 is 8.80. The highest BCUT2D eigenvalue weighted by Crippen LogP contribution is 2.29. The zero-order valence-corrected chi connectivity index (χ0v) is 9.16. The van der Waals surface area contributed by atoms with E-state index in [1.807, 2.05) is 0 Å². The van der Waals surface area contributed by atoms with Crippen molar-refractivity contribution >= 4 is 27.5 Å². The largest absolute Gasteiger partial charge is 0.264 e. The summed E-state index contributed by atoms with van der Waals surface area (Å²) in [5, 5.41) is 0.436. The number of rotatable bonds is 2. The SMILES string of the molecule is Cc1cc(C(F)F)c(CBr)c(Cl)n1. The number of alkyl halides is 3. The summed E-state index contributed by atoms with van der Waals surface area (Å²) in [6.45, 7) is 1.63. The Labute approximate surface area is 88.2 Å². The fourth-order valence-electron chi connectivity index (χ4n) is 1.01. The van der Waals surface area contributed by atoms with Gasteiger partial charge in [-0.25, -0.2) is 13.8 Å². The first-order chi connectivity index (χ1) is 6.06. The van der Waals surface area contributed by atoms with Crippen LogP contribution in [0.15, 0.2) is 6.07 Å². The van der Waals surface area contributed by atoms with Gasteiger partial charge in [-0.1, -0.05) is 27.5 Å². The quantitative estimate of drug-likeness (QED) is 0.587. The summed E-state index contributed by atoms with van der Waals surface area (Å²) in [5.41, 5.74) is 0.821. The van der Waals surface area contributed by atoms with Crippen LogP contribution in [-0.4, -0.2) is 4.98 Å². The van der Waals surface area contributed by atoms with Gasteiger partial charge < -0.3 is 0 Å². The first-order valence-corrected chi connectivity index (χ1v) is 5.06. The number of aryl methyl sites for hydroxylation is 1. The molecular weight excluding hydrogens is 263 g/mol. The van der Waals surface area contributed by atoms with Crippen molar-refractivity contribution < 1.29 is 8.78 Å². The molecule has 0 aliphatic heterocycles. The highest BCUT2D eigenvalue weighted by Gasteiger charge is 2.16. The van der Waals surface area contributed by atoms with Crippen LogP contribution in [0.25, 0.3) is 0 Å². The molecule has 1 aromatic heterocycles. The lowest BCUT2D eigenvalue weighted by atomic mass is 10.1. The minimum atomic E-state index is -2.51. The second-order valence-electron chi connectivity index (χ2n) is 2.56. The van der Waals surface area contributed by atoms with Crippen molar-refractivity contribution in [2.45, 2.75) is 18.7 Å². The maximum absolute atomic E-state index is 12.5. The van der Waals surface area contributed by atoms with Gasteiger partial charge in [0.05, 0.1) is 0 Å². The smallest absolute Gasteiger partial charge is 0.241 e. The molecule has 0 N–H and O–H groups in total. The number of halogens is 4. The van der Waals surface area contributed by atoms with Gasteiger partial charge >= 0.3 is 0 Å². The van der Waals surface area contributed by atoms with Gasteiger partial charge in [0.25, 0.3) is 6.43 Å². The lowest BCUT2D eigenvalue weighted by Gasteiger charge is -2.08. The third-order valence-electron chi connectivity index (χ3n) is 1.61. The highest BCUT2D eigenvalue weighted by atomic mass is 79.9. The molecule has 0 fully saturated rings. The van der Waals surface area contributed by atoms with E-state index in [2.05, 4.69) is 20.9 Å². The molecule has 1 rings (SSSR count). The molecule has 1 nitrogen and oxygen atoms in total. The van der Waals surface area contributed by atoms with Crippen molar-refractivity contribution in [1.82, 2.24) is 4.98 Å². The van der Waals surface area contributed by atoms with E-state index in [-0.39, 0.29) is 10.7 Å². The van der Waals surface area contributed by atoms with Crippen LogP contribution in [0.1, 0.15) is 23.2 Å². The van der Waals surface area contributed by atoms with Crippen LogP contribution in [0.2, 0.25) is 5.15 Å². The summed E-state index contributed by atoms with van der Waals surface area (Å²) in [7, 11) is 0. The molecular formula is C8H7BrClF2N. The van der Waals surface area contributed by atoms with E-state index >= 15 is 0 Å². The molecule has 0 saturated carbocycles. The Balaban J connectivity index is 3.29. The van der Waals surface area contributed by atoms with Gasteiger partial charge in [-0.2, -0.15) is 0 Å². The van der Waals surface area contributed by atoms with E-state index in [4.69, 9.17) is 11.6 Å². The van der Waals surface area contributed by atoms with Crippen LogP contribution >= 0.6 is 27.5 Å². The Bertz CT molecular complexity index is 317. The number of pyridine rings is 1. The molecule has 0 saturated heterocycles. The summed E-state index contributed by atoms with van der Waals surface area (Å²) in [6, 6.07) is 1.35. The van der Waals surface area contributed by atoms with Crippen LogP contribution < -0.4 is 0 Å². The third-order valence-corrected chi connectivity index (χ3v) is 2.48. The van der Waals surface area contributed by atoms with Crippen molar-refractivity contribution in [3.8, 4) is 0 Å². The predicted molar refractivity (Wildman–Crippen MR) is 51.6 cm³/mol. The number of hydrogen-bond donors (Lipinski definition) is 0. The number of nitrogens with zero attached hydrogens (tertiary/aromatic N) is 1. The lowest BCUT2D eigenvalue weighted by molar-refractivity contribution is 0.150. The fraction of sp³-hybridized carbons (Fsp3) is 0.375. The van der Waals surface area contributed by atoms with Crippen molar-refractivity contribution in [2.75, 3.05) is 0 Å². The van der Waals surface area contributed by atoms with Crippen LogP contribution in [0.4, 0.5) is 8.78 Å². The molecule has 0 atom stereocenters. The first kappa shape index (κ1) is 10.9. The molecule has 0 aliphatic carbocycles. The van der Waals surface area contributed by atoms with Crippen LogP contribution in [0.5, 0.6) is 0 Å². The van der Waals surface area contributed by atoms with Gasteiger partial charge in [0.15, 0.2) is 0 Å². The molecule has 1 heterocycles. The Morgan fingerprint density at radius 3 is 2.69 bits per heavy atom. The molecule has 0 aromatic carbocycles.